The summed E-state index contributed by atoms with van der Waals surface area (Å²) in [5, 5.41) is 7.25. The molecule has 0 aliphatic rings. The molecule has 0 aliphatic carbocycles. The average molecular weight is 516 g/mol. The summed E-state index contributed by atoms with van der Waals surface area (Å²) >= 11 is 0. The highest BCUT2D eigenvalue weighted by Crippen LogP contribution is 2.43. The first-order valence-corrected chi connectivity index (χ1v) is 13.7. The standard InChI is InChI=1S/C37H27N2O/c1-24-19-20-32-30-17-10-18-31(33-23-25-11-6-7-14-27(25)28-15-8-9-16-29(28)33)35(30)40-36(32)34(24)37-38(2)21-22-39(37)26-12-4-3-5-13-26/h3-23H,1-2H3/q+1. The lowest BCUT2D eigenvalue weighted by atomic mass is 9.92. The lowest BCUT2D eigenvalue weighted by Gasteiger charge is -2.11. The minimum absolute atomic E-state index is 0.916. The van der Waals surface area contributed by atoms with E-state index in [0.29, 0.717) is 0 Å². The first kappa shape index (κ1) is 22.8. The summed E-state index contributed by atoms with van der Waals surface area (Å²) in [6, 6.07) is 41.1. The van der Waals surface area contributed by atoms with E-state index < -0.39 is 0 Å². The lowest BCUT2D eigenvalue weighted by molar-refractivity contribution is -0.659. The van der Waals surface area contributed by atoms with Crippen molar-refractivity contribution in [3.8, 4) is 28.2 Å². The van der Waals surface area contributed by atoms with Gasteiger partial charge in [0.1, 0.15) is 29.2 Å². The van der Waals surface area contributed by atoms with E-state index in [1.165, 1.54) is 32.7 Å². The van der Waals surface area contributed by atoms with Gasteiger partial charge in [0.05, 0.1) is 7.05 Å². The van der Waals surface area contributed by atoms with Crippen LogP contribution in [0.4, 0.5) is 0 Å². The number of rotatable bonds is 3. The second-order valence-electron chi connectivity index (χ2n) is 10.5. The maximum atomic E-state index is 6.95. The fourth-order valence-electron chi connectivity index (χ4n) is 6.30. The number of aryl methyl sites for hydroxylation is 2. The lowest BCUT2D eigenvalue weighted by Crippen LogP contribution is -2.29. The van der Waals surface area contributed by atoms with E-state index in [9.17, 15) is 0 Å². The van der Waals surface area contributed by atoms with Crippen LogP contribution in [0.25, 0.3) is 71.7 Å². The van der Waals surface area contributed by atoms with Crippen LogP contribution in [0.2, 0.25) is 0 Å². The van der Waals surface area contributed by atoms with Crippen molar-refractivity contribution >= 4 is 43.5 Å². The summed E-state index contributed by atoms with van der Waals surface area (Å²) in [7, 11) is 2.10. The molecule has 0 fully saturated rings. The minimum atomic E-state index is 0.916. The number of hydrogen-bond donors (Lipinski definition) is 0. The molecule has 3 nitrogen and oxygen atoms in total. The Bertz CT molecular complexity index is 2230. The topological polar surface area (TPSA) is 21.9 Å². The summed E-state index contributed by atoms with van der Waals surface area (Å²) in [6.07, 6.45) is 4.23. The van der Waals surface area contributed by atoms with Crippen molar-refractivity contribution in [1.82, 2.24) is 4.57 Å². The zero-order valence-electron chi connectivity index (χ0n) is 22.4. The Morgan fingerprint density at radius 3 is 2.15 bits per heavy atom. The van der Waals surface area contributed by atoms with Gasteiger partial charge in [-0.25, -0.2) is 4.57 Å². The Kier molecular flexibility index (Phi) is 4.95. The number of fused-ring (bicyclic) bond motifs is 6. The predicted octanol–water partition coefficient (Wildman–Crippen LogP) is 9.15. The van der Waals surface area contributed by atoms with E-state index in [1.54, 1.807) is 0 Å². The zero-order valence-corrected chi connectivity index (χ0v) is 22.4. The highest BCUT2D eigenvalue weighted by atomic mass is 16.3. The molecule has 8 rings (SSSR count). The molecular formula is C37H27N2O+. The third-order valence-electron chi connectivity index (χ3n) is 8.19. The Labute approximate surface area is 232 Å². The number of benzene rings is 6. The third-order valence-corrected chi connectivity index (χ3v) is 8.19. The summed E-state index contributed by atoms with van der Waals surface area (Å²) in [4.78, 5) is 0. The van der Waals surface area contributed by atoms with E-state index in [1.807, 2.05) is 0 Å². The number of nitrogens with zero attached hydrogens (tertiary/aromatic N) is 2. The molecular weight excluding hydrogens is 488 g/mol. The molecule has 190 valence electrons. The SMILES string of the molecule is Cc1ccc2c(oc3c(-c4cc5ccccc5c5ccccc45)cccc32)c1-c1n(-c2ccccc2)cc[n+]1C. The maximum absolute atomic E-state index is 6.95. The monoisotopic (exact) mass is 515 g/mol. The van der Waals surface area contributed by atoms with Gasteiger partial charge in [-0.3, -0.25) is 0 Å². The van der Waals surface area contributed by atoms with Crippen LogP contribution in [0.5, 0.6) is 0 Å². The maximum Gasteiger partial charge on any atom is 0.297 e. The smallest absolute Gasteiger partial charge is 0.297 e. The molecule has 0 radical (unpaired) electrons. The van der Waals surface area contributed by atoms with Crippen molar-refractivity contribution in [2.24, 2.45) is 7.05 Å². The van der Waals surface area contributed by atoms with E-state index in [2.05, 4.69) is 151 Å². The third kappa shape index (κ3) is 3.28. The second-order valence-corrected chi connectivity index (χ2v) is 10.5. The molecule has 0 atom stereocenters. The fourth-order valence-corrected chi connectivity index (χ4v) is 6.30. The quantitative estimate of drug-likeness (QED) is 0.170. The Morgan fingerprint density at radius 2 is 1.30 bits per heavy atom. The second kappa shape index (κ2) is 8.69. The summed E-state index contributed by atoms with van der Waals surface area (Å²) in [5.74, 6) is 1.09. The van der Waals surface area contributed by atoms with Gasteiger partial charge in [-0.15, -0.1) is 0 Å². The largest absolute Gasteiger partial charge is 0.454 e. The van der Waals surface area contributed by atoms with Gasteiger partial charge in [0, 0.05) is 16.3 Å². The highest BCUT2D eigenvalue weighted by Gasteiger charge is 2.26. The molecule has 6 aromatic carbocycles. The number of hydrogen-bond acceptors (Lipinski definition) is 1. The molecule has 0 bridgehead atoms. The summed E-state index contributed by atoms with van der Waals surface area (Å²) < 4.78 is 11.4. The minimum Gasteiger partial charge on any atom is -0.454 e. The van der Waals surface area contributed by atoms with Crippen molar-refractivity contribution in [2.45, 2.75) is 6.92 Å². The van der Waals surface area contributed by atoms with Gasteiger partial charge < -0.3 is 4.42 Å². The average Bonchev–Trinajstić information content (AvgIpc) is 3.57. The van der Waals surface area contributed by atoms with E-state index in [0.717, 1.165) is 44.6 Å². The van der Waals surface area contributed by atoms with Crippen LogP contribution in [0.15, 0.2) is 132 Å². The molecule has 2 heterocycles. The number of furan rings is 1. The number of imidazole rings is 1. The van der Waals surface area contributed by atoms with E-state index in [-0.39, 0.29) is 0 Å². The molecule has 0 saturated carbocycles. The van der Waals surface area contributed by atoms with Gasteiger partial charge in [0.2, 0.25) is 0 Å². The molecule has 0 unspecified atom stereocenters. The van der Waals surface area contributed by atoms with Crippen LogP contribution < -0.4 is 4.57 Å². The molecule has 0 amide bonds. The molecule has 8 aromatic rings. The number of para-hydroxylation sites is 2. The van der Waals surface area contributed by atoms with Gasteiger partial charge in [0.25, 0.3) is 5.82 Å². The van der Waals surface area contributed by atoms with Crippen molar-refractivity contribution in [3.63, 3.8) is 0 Å². The van der Waals surface area contributed by atoms with Crippen molar-refractivity contribution in [1.29, 1.82) is 0 Å². The summed E-state index contributed by atoms with van der Waals surface area (Å²) in [6.45, 7) is 2.17. The van der Waals surface area contributed by atoms with Gasteiger partial charge in [-0.05, 0) is 57.8 Å². The molecule has 2 aromatic heterocycles. The van der Waals surface area contributed by atoms with Crippen LogP contribution in [0.1, 0.15) is 5.56 Å². The Balaban J connectivity index is 1.45. The van der Waals surface area contributed by atoms with E-state index >= 15 is 0 Å². The highest BCUT2D eigenvalue weighted by molar-refractivity contribution is 6.18. The van der Waals surface area contributed by atoms with Crippen LogP contribution in [0.3, 0.4) is 0 Å². The van der Waals surface area contributed by atoms with Crippen LogP contribution in [0, 0.1) is 6.92 Å². The predicted molar refractivity (Wildman–Crippen MR) is 165 cm³/mol. The summed E-state index contributed by atoms with van der Waals surface area (Å²) in [5.41, 5.74) is 7.55. The van der Waals surface area contributed by atoms with Crippen LogP contribution >= 0.6 is 0 Å². The van der Waals surface area contributed by atoms with Crippen LogP contribution in [-0.4, -0.2) is 4.57 Å². The van der Waals surface area contributed by atoms with Gasteiger partial charge in [-0.1, -0.05) is 97.1 Å². The van der Waals surface area contributed by atoms with Crippen LogP contribution in [-0.2, 0) is 7.05 Å². The van der Waals surface area contributed by atoms with Crippen molar-refractivity contribution < 1.29 is 8.98 Å². The van der Waals surface area contributed by atoms with Gasteiger partial charge >= 0.3 is 0 Å². The van der Waals surface area contributed by atoms with Crippen molar-refractivity contribution in [2.75, 3.05) is 0 Å². The van der Waals surface area contributed by atoms with E-state index in [4.69, 9.17) is 4.42 Å². The molecule has 0 spiro atoms. The Hall–Kier alpha value is -5.15. The van der Waals surface area contributed by atoms with Gasteiger partial charge in [-0.2, -0.15) is 4.57 Å². The molecule has 0 saturated heterocycles. The molecule has 0 aliphatic heterocycles. The fraction of sp³-hybridized carbons (Fsp3) is 0.0541. The normalized spacial score (nSPS) is 11.8. The molecule has 3 heteroatoms. The van der Waals surface area contributed by atoms with Gasteiger partial charge in [0.15, 0.2) is 5.58 Å². The Morgan fingerprint density at radius 1 is 0.600 bits per heavy atom. The first-order chi connectivity index (χ1) is 19.7. The zero-order chi connectivity index (χ0) is 26.8. The first-order valence-electron chi connectivity index (χ1n) is 13.7. The van der Waals surface area contributed by atoms with Crippen molar-refractivity contribution in [3.05, 3.63) is 133 Å². The molecule has 40 heavy (non-hydrogen) atoms. The molecule has 0 N–H and O–H groups in total. The number of aromatic nitrogens is 2.